The minimum absolute atomic E-state index is 0.0248. The number of nitrogens with zero attached hydrogens (tertiary/aromatic N) is 1. The SMILES string of the molecule is CCC(=O)NN1CC[C@H](C)C1=O. The van der Waals surface area contributed by atoms with Crippen molar-refractivity contribution in [2.45, 2.75) is 26.7 Å². The van der Waals surface area contributed by atoms with E-state index in [1.54, 1.807) is 6.92 Å². The number of carbonyl (C=O) groups excluding carboxylic acids is 2. The van der Waals surface area contributed by atoms with Crippen LogP contribution in [0.1, 0.15) is 26.7 Å². The first-order chi connectivity index (χ1) is 5.65. The zero-order valence-electron chi connectivity index (χ0n) is 7.46. The Labute approximate surface area is 71.9 Å². The summed E-state index contributed by atoms with van der Waals surface area (Å²) in [7, 11) is 0. The molecule has 0 radical (unpaired) electrons. The Morgan fingerprint density at radius 1 is 1.75 bits per heavy atom. The first kappa shape index (κ1) is 9.03. The number of hydrogen-bond donors (Lipinski definition) is 1. The number of hydrazine groups is 1. The van der Waals surface area contributed by atoms with Gasteiger partial charge in [-0.05, 0) is 6.42 Å². The Morgan fingerprint density at radius 3 is 2.83 bits per heavy atom. The molecule has 0 aromatic heterocycles. The molecule has 1 atom stereocenters. The van der Waals surface area contributed by atoms with Crippen molar-refractivity contribution in [1.29, 1.82) is 0 Å². The Hall–Kier alpha value is -1.06. The van der Waals surface area contributed by atoms with E-state index in [2.05, 4.69) is 5.43 Å². The van der Waals surface area contributed by atoms with Crippen LogP contribution in [0, 0.1) is 5.92 Å². The molecule has 0 aliphatic carbocycles. The molecule has 0 aromatic carbocycles. The van der Waals surface area contributed by atoms with Crippen molar-refractivity contribution >= 4 is 11.8 Å². The van der Waals surface area contributed by atoms with Gasteiger partial charge in [0.25, 0.3) is 0 Å². The number of amides is 2. The molecule has 0 spiro atoms. The van der Waals surface area contributed by atoms with Crippen molar-refractivity contribution < 1.29 is 9.59 Å². The standard InChI is InChI=1S/C8H14N2O2/c1-3-7(11)9-10-5-4-6(2)8(10)12/h6H,3-5H2,1-2H3,(H,9,11)/t6-/m0/s1. The second-order valence-electron chi connectivity index (χ2n) is 3.07. The van der Waals surface area contributed by atoms with E-state index in [1.165, 1.54) is 5.01 Å². The summed E-state index contributed by atoms with van der Waals surface area (Å²) in [4.78, 5) is 22.2. The summed E-state index contributed by atoms with van der Waals surface area (Å²) >= 11 is 0. The molecule has 0 aromatic rings. The van der Waals surface area contributed by atoms with Crippen molar-refractivity contribution in [1.82, 2.24) is 10.4 Å². The molecule has 1 aliphatic rings. The van der Waals surface area contributed by atoms with Crippen LogP contribution in [0.5, 0.6) is 0 Å². The maximum Gasteiger partial charge on any atom is 0.243 e. The van der Waals surface area contributed by atoms with Crippen molar-refractivity contribution in [2.75, 3.05) is 6.54 Å². The van der Waals surface area contributed by atoms with Gasteiger partial charge < -0.3 is 0 Å². The fraction of sp³-hybridized carbons (Fsp3) is 0.750. The van der Waals surface area contributed by atoms with Crippen LogP contribution in [-0.2, 0) is 9.59 Å². The second kappa shape index (κ2) is 3.56. The zero-order valence-corrected chi connectivity index (χ0v) is 7.46. The number of hydrogen-bond acceptors (Lipinski definition) is 2. The third-order valence-corrected chi connectivity index (χ3v) is 2.05. The Kier molecular flexibility index (Phi) is 2.68. The molecule has 68 valence electrons. The lowest BCUT2D eigenvalue weighted by Crippen LogP contribution is -2.43. The van der Waals surface area contributed by atoms with Crippen LogP contribution in [0.3, 0.4) is 0 Å². The molecule has 1 N–H and O–H groups in total. The summed E-state index contributed by atoms with van der Waals surface area (Å²) in [5.74, 6) is -0.0172. The van der Waals surface area contributed by atoms with E-state index < -0.39 is 0 Å². The van der Waals surface area contributed by atoms with Gasteiger partial charge in [-0.1, -0.05) is 13.8 Å². The van der Waals surface area contributed by atoms with Crippen LogP contribution in [0.4, 0.5) is 0 Å². The molecule has 2 amide bonds. The second-order valence-corrected chi connectivity index (χ2v) is 3.07. The van der Waals surface area contributed by atoms with E-state index in [4.69, 9.17) is 0 Å². The van der Waals surface area contributed by atoms with E-state index >= 15 is 0 Å². The summed E-state index contributed by atoms with van der Waals surface area (Å²) in [6.45, 7) is 4.28. The van der Waals surface area contributed by atoms with Gasteiger partial charge in [-0.25, -0.2) is 0 Å². The molecular formula is C8H14N2O2. The predicted molar refractivity (Wildman–Crippen MR) is 43.9 cm³/mol. The van der Waals surface area contributed by atoms with Crippen LogP contribution in [0.15, 0.2) is 0 Å². The van der Waals surface area contributed by atoms with Crippen molar-refractivity contribution in [3.8, 4) is 0 Å². The highest BCUT2D eigenvalue weighted by Crippen LogP contribution is 2.14. The van der Waals surface area contributed by atoms with Crippen molar-refractivity contribution in [3.63, 3.8) is 0 Å². The Bertz CT molecular complexity index is 203. The van der Waals surface area contributed by atoms with Crippen LogP contribution < -0.4 is 5.43 Å². The maximum atomic E-state index is 11.3. The van der Waals surface area contributed by atoms with Crippen molar-refractivity contribution in [3.05, 3.63) is 0 Å². The van der Waals surface area contributed by atoms with Crippen LogP contribution in [0.2, 0.25) is 0 Å². The summed E-state index contributed by atoms with van der Waals surface area (Å²) in [5, 5.41) is 1.41. The average Bonchev–Trinajstić information content (AvgIpc) is 2.36. The lowest BCUT2D eigenvalue weighted by molar-refractivity contribution is -0.139. The first-order valence-electron chi connectivity index (χ1n) is 4.26. The van der Waals surface area contributed by atoms with Gasteiger partial charge in [-0.2, -0.15) is 0 Å². The van der Waals surface area contributed by atoms with E-state index in [-0.39, 0.29) is 17.7 Å². The smallest absolute Gasteiger partial charge is 0.243 e. The van der Waals surface area contributed by atoms with E-state index in [0.29, 0.717) is 13.0 Å². The average molecular weight is 170 g/mol. The Morgan fingerprint density at radius 2 is 2.42 bits per heavy atom. The molecule has 1 saturated heterocycles. The summed E-state index contributed by atoms with van der Waals surface area (Å²) in [5.41, 5.74) is 2.55. The van der Waals surface area contributed by atoms with Gasteiger partial charge in [-0.15, -0.1) is 0 Å². The van der Waals surface area contributed by atoms with Gasteiger partial charge in [-0.3, -0.25) is 20.0 Å². The van der Waals surface area contributed by atoms with E-state index in [9.17, 15) is 9.59 Å². The molecule has 1 heterocycles. The minimum atomic E-state index is -0.0996. The summed E-state index contributed by atoms with van der Waals surface area (Å²) in [6, 6.07) is 0. The van der Waals surface area contributed by atoms with Gasteiger partial charge in [0, 0.05) is 18.9 Å². The predicted octanol–water partition coefficient (Wildman–Crippen LogP) is 0.296. The molecule has 0 bridgehead atoms. The third-order valence-electron chi connectivity index (χ3n) is 2.05. The van der Waals surface area contributed by atoms with Crippen LogP contribution >= 0.6 is 0 Å². The highest BCUT2D eigenvalue weighted by molar-refractivity contribution is 5.84. The van der Waals surface area contributed by atoms with E-state index in [0.717, 1.165) is 6.42 Å². The Balaban J connectivity index is 2.44. The zero-order chi connectivity index (χ0) is 9.14. The molecule has 1 rings (SSSR count). The maximum absolute atomic E-state index is 11.3. The molecule has 4 heteroatoms. The molecule has 0 unspecified atom stereocenters. The van der Waals surface area contributed by atoms with Gasteiger partial charge in [0.1, 0.15) is 0 Å². The monoisotopic (exact) mass is 170 g/mol. The summed E-state index contributed by atoms with van der Waals surface area (Å²) in [6.07, 6.45) is 1.25. The lowest BCUT2D eigenvalue weighted by Gasteiger charge is -2.16. The number of carbonyl (C=O) groups is 2. The minimum Gasteiger partial charge on any atom is -0.273 e. The largest absolute Gasteiger partial charge is 0.273 e. The third kappa shape index (κ3) is 1.75. The number of nitrogens with one attached hydrogen (secondary N) is 1. The van der Waals surface area contributed by atoms with E-state index in [1.807, 2.05) is 6.92 Å². The fourth-order valence-corrected chi connectivity index (χ4v) is 1.16. The highest BCUT2D eigenvalue weighted by Gasteiger charge is 2.28. The van der Waals surface area contributed by atoms with Gasteiger partial charge in [0.2, 0.25) is 11.8 Å². The molecule has 4 nitrogen and oxygen atoms in total. The highest BCUT2D eigenvalue weighted by atomic mass is 16.2. The normalized spacial score (nSPS) is 23.0. The number of rotatable bonds is 2. The molecular weight excluding hydrogens is 156 g/mol. The first-order valence-corrected chi connectivity index (χ1v) is 4.26. The van der Waals surface area contributed by atoms with Gasteiger partial charge in [0.05, 0.1) is 0 Å². The topological polar surface area (TPSA) is 49.4 Å². The fourth-order valence-electron chi connectivity index (χ4n) is 1.16. The van der Waals surface area contributed by atoms with Crippen LogP contribution in [-0.4, -0.2) is 23.4 Å². The molecule has 0 saturated carbocycles. The summed E-state index contributed by atoms with van der Waals surface area (Å²) < 4.78 is 0. The van der Waals surface area contributed by atoms with Gasteiger partial charge in [0.15, 0.2) is 0 Å². The van der Waals surface area contributed by atoms with Gasteiger partial charge >= 0.3 is 0 Å². The quantitative estimate of drug-likeness (QED) is 0.647. The lowest BCUT2D eigenvalue weighted by atomic mass is 10.1. The molecule has 1 aliphatic heterocycles. The van der Waals surface area contributed by atoms with Crippen molar-refractivity contribution in [2.24, 2.45) is 5.92 Å². The molecule has 12 heavy (non-hydrogen) atoms. The van der Waals surface area contributed by atoms with Crippen LogP contribution in [0.25, 0.3) is 0 Å². The molecule has 1 fully saturated rings.